The lowest BCUT2D eigenvalue weighted by Gasteiger charge is -2.22. The third-order valence-electron chi connectivity index (χ3n) is 5.88. The zero-order valence-electron chi connectivity index (χ0n) is 19.7. The predicted octanol–water partition coefficient (Wildman–Crippen LogP) is 5.50. The largest absolute Gasteiger partial charge is 0.312 e. The van der Waals surface area contributed by atoms with Gasteiger partial charge in [-0.05, 0) is 61.6 Å². The molecular weight excluding hydrogens is 480 g/mol. The van der Waals surface area contributed by atoms with Gasteiger partial charge in [0.05, 0.1) is 18.0 Å². The van der Waals surface area contributed by atoms with Crippen molar-refractivity contribution < 1.29 is 8.42 Å². The lowest BCUT2D eigenvalue weighted by molar-refractivity contribution is 0.381. The number of sulfonamides is 1. The van der Waals surface area contributed by atoms with Crippen LogP contribution in [0.3, 0.4) is 0 Å². The maximum atomic E-state index is 13.6. The molecule has 0 saturated carbocycles. The van der Waals surface area contributed by atoms with Crippen LogP contribution >= 0.6 is 11.6 Å². The Morgan fingerprint density at radius 3 is 2.40 bits per heavy atom. The van der Waals surface area contributed by atoms with Gasteiger partial charge in [-0.3, -0.25) is 0 Å². The maximum absolute atomic E-state index is 13.6. The van der Waals surface area contributed by atoms with Crippen LogP contribution in [0.4, 0.5) is 0 Å². The number of aryl methyl sites for hydroxylation is 2. The molecule has 1 heterocycles. The highest BCUT2D eigenvalue weighted by atomic mass is 35.5. The Kier molecular flexibility index (Phi) is 8.33. The molecule has 3 aromatic carbocycles. The highest BCUT2D eigenvalue weighted by molar-refractivity contribution is 7.89. The van der Waals surface area contributed by atoms with Crippen molar-refractivity contribution in [1.29, 1.82) is 0 Å². The van der Waals surface area contributed by atoms with Crippen molar-refractivity contribution in [2.45, 2.75) is 44.2 Å². The van der Waals surface area contributed by atoms with Crippen LogP contribution in [0.5, 0.6) is 0 Å². The van der Waals surface area contributed by atoms with Crippen LogP contribution in [-0.2, 0) is 29.5 Å². The Hall–Kier alpha value is -3.00. The molecule has 0 bridgehead atoms. The van der Waals surface area contributed by atoms with Crippen LogP contribution in [0.15, 0.2) is 90.1 Å². The van der Waals surface area contributed by atoms with Gasteiger partial charge in [-0.25, -0.2) is 8.42 Å². The number of hydrogen-bond acceptors (Lipinski definition) is 4. The van der Waals surface area contributed by atoms with Crippen molar-refractivity contribution in [3.63, 3.8) is 0 Å². The number of aromatic nitrogens is 3. The molecule has 182 valence electrons. The summed E-state index contributed by atoms with van der Waals surface area (Å²) in [6, 6.07) is 24.8. The summed E-state index contributed by atoms with van der Waals surface area (Å²) in [5.74, 6) is 0.587. The third-order valence-corrected chi connectivity index (χ3v) is 7.97. The summed E-state index contributed by atoms with van der Waals surface area (Å²) in [5.41, 5.74) is 3.26. The molecule has 0 spiro atoms. The van der Waals surface area contributed by atoms with Gasteiger partial charge in [-0.2, -0.15) is 4.31 Å². The number of nitrogens with zero attached hydrogens (tertiary/aromatic N) is 4. The molecule has 0 atom stereocenters. The number of benzene rings is 3. The van der Waals surface area contributed by atoms with Crippen LogP contribution in [0.2, 0.25) is 5.02 Å². The molecule has 0 aliphatic rings. The summed E-state index contributed by atoms with van der Waals surface area (Å²) in [6.07, 6.45) is 4.16. The molecule has 0 aliphatic carbocycles. The van der Waals surface area contributed by atoms with E-state index in [1.54, 1.807) is 18.5 Å². The van der Waals surface area contributed by atoms with Gasteiger partial charge in [0.1, 0.15) is 12.2 Å². The van der Waals surface area contributed by atoms with E-state index in [9.17, 15) is 8.42 Å². The number of unbranched alkanes of at least 4 members (excludes halogenated alkanes) is 1. The average Bonchev–Trinajstić information content (AvgIpc) is 3.28. The lowest BCUT2D eigenvalue weighted by Crippen LogP contribution is -2.33. The molecule has 0 fully saturated rings. The van der Waals surface area contributed by atoms with Crippen molar-refractivity contribution >= 4 is 21.6 Å². The SMILES string of the molecule is Cc1ccc(S(=O)(=O)N(CCCCc2ccccc2)Cc2nncn2Cc2cccc(Cl)c2)cc1. The molecule has 8 heteroatoms. The fraction of sp³-hybridized carbons (Fsp3) is 0.259. The Morgan fingerprint density at radius 2 is 1.66 bits per heavy atom. The van der Waals surface area contributed by atoms with E-state index < -0.39 is 10.0 Å². The van der Waals surface area contributed by atoms with Crippen LogP contribution in [0.25, 0.3) is 0 Å². The lowest BCUT2D eigenvalue weighted by atomic mass is 10.1. The van der Waals surface area contributed by atoms with Gasteiger partial charge >= 0.3 is 0 Å². The second-order valence-corrected chi connectivity index (χ2v) is 11.0. The first-order chi connectivity index (χ1) is 16.9. The number of hydrogen-bond donors (Lipinski definition) is 0. The second kappa shape index (κ2) is 11.6. The van der Waals surface area contributed by atoms with E-state index in [4.69, 9.17) is 11.6 Å². The molecular formula is C27H29ClN4O2S. The van der Waals surface area contributed by atoms with E-state index in [0.29, 0.717) is 23.9 Å². The smallest absolute Gasteiger partial charge is 0.243 e. The topological polar surface area (TPSA) is 68.1 Å². The normalized spacial score (nSPS) is 11.7. The van der Waals surface area contributed by atoms with Gasteiger partial charge in [0, 0.05) is 11.6 Å². The first-order valence-corrected chi connectivity index (χ1v) is 13.5. The number of rotatable bonds is 11. The quantitative estimate of drug-likeness (QED) is 0.251. The zero-order chi connectivity index (χ0) is 24.7. The van der Waals surface area contributed by atoms with E-state index in [2.05, 4.69) is 22.3 Å². The van der Waals surface area contributed by atoms with Gasteiger partial charge in [0.25, 0.3) is 0 Å². The minimum atomic E-state index is -3.70. The van der Waals surface area contributed by atoms with Crippen molar-refractivity contribution in [3.05, 3.63) is 113 Å². The van der Waals surface area contributed by atoms with Crippen molar-refractivity contribution in [2.24, 2.45) is 0 Å². The Labute approximate surface area is 212 Å². The minimum absolute atomic E-state index is 0.141. The van der Waals surface area contributed by atoms with E-state index in [1.807, 2.05) is 66.1 Å². The van der Waals surface area contributed by atoms with Gasteiger partial charge in [-0.15, -0.1) is 10.2 Å². The van der Waals surface area contributed by atoms with E-state index in [1.165, 1.54) is 9.87 Å². The molecule has 4 rings (SSSR count). The van der Waals surface area contributed by atoms with Crippen molar-refractivity contribution in [1.82, 2.24) is 19.1 Å². The fourth-order valence-electron chi connectivity index (χ4n) is 3.93. The zero-order valence-corrected chi connectivity index (χ0v) is 21.3. The summed E-state index contributed by atoms with van der Waals surface area (Å²) in [5, 5.41) is 8.95. The summed E-state index contributed by atoms with van der Waals surface area (Å²) >= 11 is 6.14. The molecule has 6 nitrogen and oxygen atoms in total. The Balaban J connectivity index is 1.52. The molecule has 0 radical (unpaired) electrons. The summed E-state index contributed by atoms with van der Waals surface area (Å²) in [7, 11) is -3.70. The van der Waals surface area contributed by atoms with E-state index in [0.717, 1.165) is 30.4 Å². The van der Waals surface area contributed by atoms with Gasteiger partial charge in [0.2, 0.25) is 10.0 Å². The highest BCUT2D eigenvalue weighted by Gasteiger charge is 2.26. The van der Waals surface area contributed by atoms with Crippen molar-refractivity contribution in [3.8, 4) is 0 Å². The third kappa shape index (κ3) is 6.78. The maximum Gasteiger partial charge on any atom is 0.243 e. The molecule has 35 heavy (non-hydrogen) atoms. The molecule has 0 aliphatic heterocycles. The minimum Gasteiger partial charge on any atom is -0.312 e. The fourth-order valence-corrected chi connectivity index (χ4v) is 5.57. The molecule has 0 N–H and O–H groups in total. The molecule has 1 aromatic heterocycles. The van der Waals surface area contributed by atoms with Crippen LogP contribution in [0, 0.1) is 6.92 Å². The molecule has 4 aromatic rings. The number of halogens is 1. The summed E-state index contributed by atoms with van der Waals surface area (Å²) in [6.45, 7) is 2.99. The van der Waals surface area contributed by atoms with E-state index >= 15 is 0 Å². The van der Waals surface area contributed by atoms with Crippen LogP contribution in [0.1, 0.15) is 35.4 Å². The monoisotopic (exact) mass is 508 g/mol. The first-order valence-electron chi connectivity index (χ1n) is 11.6. The van der Waals surface area contributed by atoms with Gasteiger partial charge in [0.15, 0.2) is 0 Å². The predicted molar refractivity (Wildman–Crippen MR) is 139 cm³/mol. The molecule has 0 saturated heterocycles. The standard InChI is InChI=1S/C27H29ClN4O2S/c1-22-13-15-26(16-14-22)35(33,34)32(17-6-5-10-23-8-3-2-4-9-23)20-27-30-29-21-31(27)19-24-11-7-12-25(28)18-24/h2-4,7-9,11-16,18,21H,5-6,10,17,19-20H2,1H3. The summed E-state index contributed by atoms with van der Waals surface area (Å²) < 4.78 is 30.6. The Morgan fingerprint density at radius 1 is 0.914 bits per heavy atom. The van der Waals surface area contributed by atoms with Crippen LogP contribution < -0.4 is 0 Å². The second-order valence-electron chi connectivity index (χ2n) is 8.60. The highest BCUT2D eigenvalue weighted by Crippen LogP contribution is 2.20. The first kappa shape index (κ1) is 25.1. The van der Waals surface area contributed by atoms with Gasteiger partial charge < -0.3 is 4.57 Å². The van der Waals surface area contributed by atoms with Crippen molar-refractivity contribution in [2.75, 3.05) is 6.54 Å². The molecule has 0 unspecified atom stereocenters. The Bertz CT molecular complexity index is 1340. The van der Waals surface area contributed by atoms with Gasteiger partial charge in [-0.1, -0.05) is 71.8 Å². The average molecular weight is 509 g/mol. The summed E-state index contributed by atoms with van der Waals surface area (Å²) in [4.78, 5) is 0.284. The van der Waals surface area contributed by atoms with Crippen LogP contribution in [-0.4, -0.2) is 34.0 Å². The molecule has 0 amide bonds. The van der Waals surface area contributed by atoms with E-state index in [-0.39, 0.29) is 11.4 Å².